The Kier molecular flexibility index (Phi) is 9.45. The molecule has 0 unspecified atom stereocenters. The highest BCUT2D eigenvalue weighted by molar-refractivity contribution is 14.1. The lowest BCUT2D eigenvalue weighted by Crippen LogP contribution is -2.01. The van der Waals surface area contributed by atoms with Gasteiger partial charge in [-0.1, -0.05) is 59.7 Å². The second-order valence-corrected chi connectivity index (χ2v) is 10.5. The van der Waals surface area contributed by atoms with Crippen molar-refractivity contribution in [2.75, 3.05) is 7.11 Å². The van der Waals surface area contributed by atoms with Gasteiger partial charge in [0.05, 0.1) is 18.2 Å². The lowest BCUT2D eigenvalue weighted by atomic mass is 10.0. The molecule has 0 aromatic heterocycles. The Morgan fingerprint density at radius 1 is 0.629 bits per heavy atom. The van der Waals surface area contributed by atoms with Crippen LogP contribution < -0.4 is 0 Å². The Morgan fingerprint density at radius 3 is 1.43 bits per heavy atom. The second-order valence-electron chi connectivity index (χ2n) is 7.99. The van der Waals surface area contributed by atoms with Crippen LogP contribution in [0.5, 0.6) is 0 Å². The topological polar surface area (TPSA) is 63.6 Å². The smallest absolute Gasteiger partial charge is 0.337 e. The molecule has 0 atom stereocenters. The predicted octanol–water partition coefficient (Wildman–Crippen LogP) is 8.02. The number of carboxylic acid groups (broad SMARTS) is 1. The van der Waals surface area contributed by atoms with Crippen molar-refractivity contribution in [3.8, 4) is 22.3 Å². The first kappa shape index (κ1) is 26.9. The van der Waals surface area contributed by atoms with Gasteiger partial charge in [0.2, 0.25) is 0 Å². The summed E-state index contributed by atoms with van der Waals surface area (Å²) in [5, 5.41) is 9.02. The minimum Gasteiger partial charge on any atom is -0.478 e. The van der Waals surface area contributed by atoms with Crippen molar-refractivity contribution in [2.24, 2.45) is 0 Å². The van der Waals surface area contributed by atoms with Crippen molar-refractivity contribution in [1.29, 1.82) is 0 Å². The fraction of sp³-hybridized carbons (Fsp3) is 0.103. The summed E-state index contributed by atoms with van der Waals surface area (Å²) in [5.41, 5.74) is 7.43. The van der Waals surface area contributed by atoms with Crippen molar-refractivity contribution >= 4 is 57.1 Å². The number of methoxy groups -OCH3 is 1. The summed E-state index contributed by atoms with van der Waals surface area (Å²) in [6.45, 7) is 4.08. The van der Waals surface area contributed by atoms with Crippen LogP contribution in [-0.4, -0.2) is 24.2 Å². The summed E-state index contributed by atoms with van der Waals surface area (Å²) in [6.07, 6.45) is 0. The standard InChI is InChI=1S/C15H13IO2.C14H11IO2/c1-10-3-5-11(6-4-10)12-7-13(15(17)18-2)9-14(16)8-12;1-9-2-4-10(5-3-9)11-6-12(14(16)17)8-13(15)7-11/h3-9H,1-2H3;2-8H,1H3,(H,16,17). The molecule has 4 rings (SSSR count). The number of carbonyl (C=O) groups excluding carboxylic acids is 1. The Bertz CT molecular complexity index is 1340. The normalized spacial score (nSPS) is 10.2. The second kappa shape index (κ2) is 12.3. The number of carboxylic acids is 1. The molecule has 0 spiro atoms. The molecule has 0 saturated heterocycles. The zero-order valence-corrected chi connectivity index (χ0v) is 23.8. The summed E-state index contributed by atoms with van der Waals surface area (Å²) in [4.78, 5) is 22.6. The van der Waals surface area contributed by atoms with Crippen LogP contribution in [0.2, 0.25) is 0 Å². The number of esters is 1. The lowest BCUT2D eigenvalue weighted by molar-refractivity contribution is 0.0599. The molecule has 4 aromatic carbocycles. The highest BCUT2D eigenvalue weighted by Crippen LogP contribution is 2.25. The molecule has 0 saturated carbocycles. The molecule has 4 nitrogen and oxygen atoms in total. The van der Waals surface area contributed by atoms with Gasteiger partial charge in [0.1, 0.15) is 0 Å². The van der Waals surface area contributed by atoms with Gasteiger partial charge >= 0.3 is 11.9 Å². The maximum Gasteiger partial charge on any atom is 0.337 e. The average molecular weight is 690 g/mol. The molecule has 0 bridgehead atoms. The molecule has 0 heterocycles. The summed E-state index contributed by atoms with van der Waals surface area (Å²) in [5.74, 6) is -1.20. The van der Waals surface area contributed by atoms with Crippen LogP contribution in [0.1, 0.15) is 31.8 Å². The zero-order chi connectivity index (χ0) is 25.5. The van der Waals surface area contributed by atoms with Crippen LogP contribution in [0, 0.1) is 21.0 Å². The van der Waals surface area contributed by atoms with Crippen molar-refractivity contribution in [3.05, 3.63) is 114 Å². The first-order valence-corrected chi connectivity index (χ1v) is 12.9. The molecule has 0 amide bonds. The van der Waals surface area contributed by atoms with Crippen molar-refractivity contribution in [2.45, 2.75) is 13.8 Å². The summed E-state index contributed by atoms with van der Waals surface area (Å²) < 4.78 is 6.71. The number of ether oxygens (including phenoxy) is 1. The number of aryl methyl sites for hydroxylation is 2. The van der Waals surface area contributed by atoms with E-state index in [0.717, 1.165) is 29.4 Å². The monoisotopic (exact) mass is 690 g/mol. The van der Waals surface area contributed by atoms with E-state index in [1.54, 1.807) is 12.1 Å². The van der Waals surface area contributed by atoms with Crippen LogP contribution in [0.4, 0.5) is 0 Å². The van der Waals surface area contributed by atoms with E-state index in [-0.39, 0.29) is 5.97 Å². The number of hydrogen-bond acceptors (Lipinski definition) is 3. The molecule has 4 aromatic rings. The van der Waals surface area contributed by atoms with Crippen LogP contribution in [0.3, 0.4) is 0 Å². The lowest BCUT2D eigenvalue weighted by Gasteiger charge is -2.06. The van der Waals surface area contributed by atoms with Gasteiger partial charge in [0, 0.05) is 7.14 Å². The number of rotatable bonds is 4. The van der Waals surface area contributed by atoms with Crippen molar-refractivity contribution in [1.82, 2.24) is 0 Å². The van der Waals surface area contributed by atoms with Crippen LogP contribution in [0.25, 0.3) is 22.3 Å². The summed E-state index contributed by atoms with van der Waals surface area (Å²) in [7, 11) is 1.40. The van der Waals surface area contributed by atoms with E-state index < -0.39 is 5.97 Å². The Labute approximate surface area is 232 Å². The number of hydrogen-bond donors (Lipinski definition) is 1. The Balaban J connectivity index is 0.000000196. The first-order chi connectivity index (χ1) is 16.7. The van der Waals surface area contributed by atoms with Gasteiger partial charge in [-0.2, -0.15) is 0 Å². The molecule has 0 fully saturated rings. The largest absolute Gasteiger partial charge is 0.478 e. The first-order valence-electron chi connectivity index (χ1n) is 10.7. The van der Waals surface area contributed by atoms with Gasteiger partial charge in [-0.05, 0) is 118 Å². The van der Waals surface area contributed by atoms with E-state index in [9.17, 15) is 9.59 Å². The van der Waals surface area contributed by atoms with Crippen molar-refractivity contribution < 1.29 is 19.4 Å². The molecule has 0 aliphatic carbocycles. The van der Waals surface area contributed by atoms with E-state index >= 15 is 0 Å². The molecular formula is C29H24I2O4. The Hall–Kier alpha value is -2.72. The van der Waals surface area contributed by atoms with E-state index in [1.807, 2.05) is 49.4 Å². The minimum atomic E-state index is -0.892. The molecule has 0 aliphatic rings. The van der Waals surface area contributed by atoms with E-state index in [2.05, 4.69) is 82.4 Å². The Morgan fingerprint density at radius 2 is 1.03 bits per heavy atom. The third-order valence-corrected chi connectivity index (χ3v) is 6.48. The third kappa shape index (κ3) is 7.63. The summed E-state index contributed by atoms with van der Waals surface area (Å²) >= 11 is 4.34. The number of benzene rings is 4. The van der Waals surface area contributed by atoms with E-state index in [1.165, 1.54) is 18.2 Å². The molecule has 1 N–H and O–H groups in total. The van der Waals surface area contributed by atoms with Crippen LogP contribution in [-0.2, 0) is 4.74 Å². The van der Waals surface area contributed by atoms with Crippen molar-refractivity contribution in [3.63, 3.8) is 0 Å². The van der Waals surface area contributed by atoms with Gasteiger partial charge in [0.25, 0.3) is 0 Å². The molecule has 35 heavy (non-hydrogen) atoms. The summed E-state index contributed by atoms with van der Waals surface area (Å²) in [6, 6.07) is 27.4. The number of halogens is 2. The molecule has 0 aliphatic heterocycles. The molecule has 0 radical (unpaired) electrons. The highest BCUT2D eigenvalue weighted by atomic mass is 127. The van der Waals surface area contributed by atoms with Gasteiger partial charge < -0.3 is 9.84 Å². The van der Waals surface area contributed by atoms with E-state index in [0.29, 0.717) is 11.1 Å². The fourth-order valence-electron chi connectivity index (χ4n) is 3.36. The predicted molar refractivity (Wildman–Crippen MR) is 157 cm³/mol. The number of aromatic carboxylic acids is 1. The van der Waals surface area contributed by atoms with Gasteiger partial charge in [-0.3, -0.25) is 0 Å². The van der Waals surface area contributed by atoms with Crippen LogP contribution in [0.15, 0.2) is 84.9 Å². The third-order valence-electron chi connectivity index (χ3n) is 5.23. The molecule has 6 heteroatoms. The van der Waals surface area contributed by atoms with Crippen LogP contribution >= 0.6 is 45.2 Å². The number of carbonyl (C=O) groups is 2. The zero-order valence-electron chi connectivity index (χ0n) is 19.5. The molecule has 178 valence electrons. The average Bonchev–Trinajstić information content (AvgIpc) is 2.84. The molecular weight excluding hydrogens is 666 g/mol. The maximum atomic E-state index is 11.6. The maximum absolute atomic E-state index is 11.6. The highest BCUT2D eigenvalue weighted by Gasteiger charge is 2.09. The minimum absolute atomic E-state index is 0.304. The van der Waals surface area contributed by atoms with E-state index in [4.69, 9.17) is 9.84 Å². The van der Waals surface area contributed by atoms with Gasteiger partial charge in [-0.25, -0.2) is 9.59 Å². The van der Waals surface area contributed by atoms with Gasteiger partial charge in [0.15, 0.2) is 0 Å². The SMILES string of the molecule is COC(=O)c1cc(I)cc(-c2ccc(C)cc2)c1.Cc1ccc(-c2cc(I)cc(C(=O)O)c2)cc1. The van der Waals surface area contributed by atoms with Gasteiger partial charge in [-0.15, -0.1) is 0 Å². The fourth-order valence-corrected chi connectivity index (χ4v) is 4.71. The quantitative estimate of drug-likeness (QED) is 0.174.